The SMILES string of the molecule is COc1cccc(Nc2c(C(N)=O)cnc3c(C)cc(S(=O)(=O)C4CCN(C(=O)c5c[nH]cn5)CC4)cc23)c1. The summed E-state index contributed by atoms with van der Waals surface area (Å²) in [4.78, 5) is 37.9. The van der Waals surface area contributed by atoms with E-state index >= 15 is 0 Å². The van der Waals surface area contributed by atoms with Gasteiger partial charge in [-0.25, -0.2) is 13.4 Å². The van der Waals surface area contributed by atoms with Crippen LogP contribution in [0.1, 0.15) is 39.3 Å². The molecule has 4 N–H and O–H groups in total. The Kier molecular flexibility index (Phi) is 6.96. The number of H-pyrrole nitrogens is 1. The summed E-state index contributed by atoms with van der Waals surface area (Å²) in [5.74, 6) is -0.322. The summed E-state index contributed by atoms with van der Waals surface area (Å²) in [7, 11) is -2.21. The van der Waals surface area contributed by atoms with E-state index in [0.29, 0.717) is 65.2 Å². The minimum atomic E-state index is -3.76. The number of nitrogens with zero attached hydrogens (tertiary/aromatic N) is 3. The van der Waals surface area contributed by atoms with Crippen LogP contribution in [0.15, 0.2) is 60.0 Å². The van der Waals surface area contributed by atoms with Crippen molar-refractivity contribution < 1.29 is 22.7 Å². The third kappa shape index (κ3) is 5.02. The number of hydrogen-bond donors (Lipinski definition) is 3. The Balaban J connectivity index is 1.50. The van der Waals surface area contributed by atoms with Crippen molar-refractivity contribution in [3.05, 3.63) is 71.9 Å². The zero-order chi connectivity index (χ0) is 27.7. The van der Waals surface area contributed by atoms with Gasteiger partial charge < -0.3 is 25.7 Å². The van der Waals surface area contributed by atoms with Gasteiger partial charge in [-0.15, -0.1) is 0 Å². The lowest BCUT2D eigenvalue weighted by atomic mass is 10.1. The number of imidazole rings is 1. The van der Waals surface area contributed by atoms with Gasteiger partial charge >= 0.3 is 0 Å². The summed E-state index contributed by atoms with van der Waals surface area (Å²) in [6.07, 6.45) is 4.94. The zero-order valence-electron chi connectivity index (χ0n) is 21.5. The van der Waals surface area contributed by atoms with Gasteiger partial charge in [-0.3, -0.25) is 14.6 Å². The van der Waals surface area contributed by atoms with Gasteiger partial charge in [0.1, 0.15) is 11.4 Å². The number of aryl methyl sites for hydroxylation is 1. The number of likely N-dealkylation sites (tertiary alicyclic amines) is 1. The van der Waals surface area contributed by atoms with Crippen LogP contribution >= 0.6 is 0 Å². The molecule has 0 saturated carbocycles. The van der Waals surface area contributed by atoms with Crippen molar-refractivity contribution in [1.29, 1.82) is 0 Å². The maximum atomic E-state index is 13.8. The number of hydrogen-bond acceptors (Lipinski definition) is 8. The molecule has 4 aromatic rings. The number of ether oxygens (including phenoxy) is 1. The second-order valence-electron chi connectivity index (χ2n) is 9.40. The minimum absolute atomic E-state index is 0.127. The van der Waals surface area contributed by atoms with Crippen LogP contribution in [0.3, 0.4) is 0 Å². The van der Waals surface area contributed by atoms with E-state index in [9.17, 15) is 18.0 Å². The topological polar surface area (TPSA) is 160 Å². The van der Waals surface area contributed by atoms with Crippen LogP contribution in [0, 0.1) is 6.92 Å². The fraction of sp³-hybridized carbons (Fsp3) is 0.259. The average Bonchev–Trinajstić information content (AvgIpc) is 3.48. The van der Waals surface area contributed by atoms with E-state index < -0.39 is 21.0 Å². The molecule has 2 aromatic heterocycles. The number of aromatic nitrogens is 3. The second kappa shape index (κ2) is 10.4. The summed E-state index contributed by atoms with van der Waals surface area (Å²) >= 11 is 0. The number of fused-ring (bicyclic) bond motifs is 1. The third-order valence-electron chi connectivity index (χ3n) is 6.95. The third-order valence-corrected chi connectivity index (χ3v) is 9.20. The summed E-state index contributed by atoms with van der Waals surface area (Å²) in [5.41, 5.74) is 8.27. The Morgan fingerprint density at radius 2 is 1.92 bits per heavy atom. The molecule has 39 heavy (non-hydrogen) atoms. The van der Waals surface area contributed by atoms with Gasteiger partial charge in [0.05, 0.1) is 40.4 Å². The molecular formula is C27H28N6O5S. The number of methoxy groups -OCH3 is 1. The first-order valence-electron chi connectivity index (χ1n) is 12.3. The molecule has 2 aromatic carbocycles. The number of piperidine rings is 1. The van der Waals surface area contributed by atoms with Gasteiger partial charge in [-0.05, 0) is 49.6 Å². The minimum Gasteiger partial charge on any atom is -0.497 e. The van der Waals surface area contributed by atoms with Crippen LogP contribution in [0.4, 0.5) is 11.4 Å². The zero-order valence-corrected chi connectivity index (χ0v) is 22.3. The van der Waals surface area contributed by atoms with Crippen molar-refractivity contribution in [2.45, 2.75) is 29.9 Å². The molecule has 202 valence electrons. The molecule has 0 spiro atoms. The molecule has 0 radical (unpaired) electrons. The van der Waals surface area contributed by atoms with Crippen molar-refractivity contribution >= 4 is 43.9 Å². The van der Waals surface area contributed by atoms with E-state index in [0.717, 1.165) is 0 Å². The van der Waals surface area contributed by atoms with Gasteiger partial charge in [0.25, 0.3) is 11.8 Å². The fourth-order valence-corrected chi connectivity index (χ4v) is 6.72. The number of primary amides is 1. The fourth-order valence-electron chi connectivity index (χ4n) is 4.88. The van der Waals surface area contributed by atoms with Gasteiger partial charge in [0.15, 0.2) is 9.84 Å². The highest BCUT2D eigenvalue weighted by molar-refractivity contribution is 7.92. The molecule has 12 heteroatoms. The molecule has 0 aliphatic carbocycles. The lowest BCUT2D eigenvalue weighted by Gasteiger charge is -2.31. The lowest BCUT2D eigenvalue weighted by Crippen LogP contribution is -2.42. The van der Waals surface area contributed by atoms with Crippen LogP contribution in [0.2, 0.25) is 0 Å². The number of anilines is 2. The molecule has 11 nitrogen and oxygen atoms in total. The summed E-state index contributed by atoms with van der Waals surface area (Å²) < 4.78 is 32.9. The van der Waals surface area contributed by atoms with Crippen LogP contribution in [0.5, 0.6) is 5.75 Å². The average molecular weight is 549 g/mol. The van der Waals surface area contributed by atoms with E-state index in [1.807, 2.05) is 0 Å². The Hall–Kier alpha value is -4.45. The summed E-state index contributed by atoms with van der Waals surface area (Å²) in [5, 5.41) is 3.01. The van der Waals surface area contributed by atoms with Crippen LogP contribution < -0.4 is 15.8 Å². The van der Waals surface area contributed by atoms with E-state index in [2.05, 4.69) is 20.3 Å². The van der Waals surface area contributed by atoms with Gasteiger partial charge in [-0.2, -0.15) is 0 Å². The number of pyridine rings is 1. The van der Waals surface area contributed by atoms with Crippen LogP contribution in [0.25, 0.3) is 10.9 Å². The largest absolute Gasteiger partial charge is 0.497 e. The molecular weight excluding hydrogens is 520 g/mol. The first-order chi connectivity index (χ1) is 18.7. The van der Waals surface area contributed by atoms with E-state index in [1.165, 1.54) is 18.7 Å². The number of rotatable bonds is 7. The first kappa shape index (κ1) is 26.2. The monoisotopic (exact) mass is 548 g/mol. The number of amides is 2. The molecule has 0 bridgehead atoms. The quantitative estimate of drug-likeness (QED) is 0.317. The smallest absolute Gasteiger partial charge is 0.274 e. The number of sulfone groups is 1. The number of nitrogens with two attached hydrogens (primary N) is 1. The maximum absolute atomic E-state index is 13.8. The molecule has 3 heterocycles. The predicted molar refractivity (Wildman–Crippen MR) is 146 cm³/mol. The molecule has 2 amide bonds. The molecule has 1 saturated heterocycles. The van der Waals surface area contributed by atoms with Crippen molar-refractivity contribution in [1.82, 2.24) is 19.9 Å². The molecule has 0 unspecified atom stereocenters. The number of nitrogens with one attached hydrogen (secondary N) is 2. The van der Waals surface area contributed by atoms with E-state index in [-0.39, 0.29) is 16.4 Å². The molecule has 1 aliphatic heterocycles. The summed E-state index contributed by atoms with van der Waals surface area (Å²) in [6.45, 7) is 2.38. The van der Waals surface area contributed by atoms with E-state index in [1.54, 1.807) is 55.3 Å². The number of carbonyl (C=O) groups is 2. The van der Waals surface area contributed by atoms with Crippen molar-refractivity contribution in [3.8, 4) is 5.75 Å². The Morgan fingerprint density at radius 1 is 1.15 bits per heavy atom. The maximum Gasteiger partial charge on any atom is 0.274 e. The second-order valence-corrected chi connectivity index (χ2v) is 11.6. The van der Waals surface area contributed by atoms with Crippen molar-refractivity contribution in [2.24, 2.45) is 5.73 Å². The molecule has 1 aliphatic rings. The Bertz CT molecular complexity index is 1660. The lowest BCUT2D eigenvalue weighted by molar-refractivity contribution is 0.0720. The number of benzene rings is 2. The molecule has 5 rings (SSSR count). The van der Waals surface area contributed by atoms with Gasteiger partial charge in [0.2, 0.25) is 0 Å². The highest BCUT2D eigenvalue weighted by atomic mass is 32.2. The number of carbonyl (C=O) groups excluding carboxylic acids is 2. The normalized spacial score (nSPS) is 14.4. The van der Waals surface area contributed by atoms with E-state index in [4.69, 9.17) is 10.5 Å². The standard InChI is InChI=1S/C27H28N6O5S/c1-16-10-20(39(36,37)19-6-8-33(9-7-19)27(35)23-14-29-15-31-23)12-21-24(16)30-13-22(26(28)34)25(21)32-17-4-3-5-18(11-17)38-2/h3-5,10-15,19H,6-9H2,1-2H3,(H2,28,34)(H,29,31)(H,30,32). The molecule has 1 fully saturated rings. The van der Waals surface area contributed by atoms with Gasteiger partial charge in [-0.1, -0.05) is 6.07 Å². The van der Waals surface area contributed by atoms with Gasteiger partial charge in [0, 0.05) is 42.6 Å². The van der Waals surface area contributed by atoms with Crippen LogP contribution in [-0.2, 0) is 9.84 Å². The predicted octanol–water partition coefficient (Wildman–Crippen LogP) is 3.20. The van der Waals surface area contributed by atoms with Crippen LogP contribution in [-0.4, -0.2) is 65.5 Å². The Morgan fingerprint density at radius 3 is 2.59 bits per heavy atom. The van der Waals surface area contributed by atoms with Crippen molar-refractivity contribution in [3.63, 3.8) is 0 Å². The summed E-state index contributed by atoms with van der Waals surface area (Å²) in [6, 6.07) is 10.3. The Labute approximate surface area is 225 Å². The first-order valence-corrected chi connectivity index (χ1v) is 13.9. The highest BCUT2D eigenvalue weighted by Gasteiger charge is 2.34. The highest BCUT2D eigenvalue weighted by Crippen LogP contribution is 2.35. The van der Waals surface area contributed by atoms with Crippen molar-refractivity contribution in [2.75, 3.05) is 25.5 Å². The number of aromatic amines is 1. The molecule has 0 atom stereocenters.